The minimum Gasteiger partial charge on any atom is -0.340 e. The lowest BCUT2D eigenvalue weighted by Crippen LogP contribution is -2.64. The maximum absolute atomic E-state index is 14.0. The number of piperazine rings is 1. The number of ketones is 1. The van der Waals surface area contributed by atoms with E-state index in [2.05, 4.69) is 6.58 Å². The Morgan fingerprint density at radius 2 is 1.35 bits per heavy atom. The van der Waals surface area contributed by atoms with Gasteiger partial charge in [0.05, 0.1) is 0 Å². The van der Waals surface area contributed by atoms with E-state index in [1.54, 1.807) is 0 Å². The zero-order valence-electron chi connectivity index (χ0n) is 15.8. The molecule has 1 N–H and O–H groups in total. The minimum atomic E-state index is -7.11. The lowest BCUT2D eigenvalue weighted by Gasteiger charge is -2.38. The largest absolute Gasteiger partial charge is 0.439 e. The molecule has 0 aromatic carbocycles. The maximum Gasteiger partial charge on any atom is 0.439 e. The number of carbonyl (C=O) groups excluding carboxylic acids is 2. The van der Waals surface area contributed by atoms with Gasteiger partial charge in [0, 0.05) is 39.0 Å². The first-order valence-corrected chi connectivity index (χ1v) is 11.2. The molecule has 1 fully saturated rings. The first-order valence-electron chi connectivity index (χ1n) is 8.28. The molecule has 1 aliphatic rings. The summed E-state index contributed by atoms with van der Waals surface area (Å²) in [5.41, 5.74) is 0.175. The van der Waals surface area contributed by atoms with Gasteiger partial charge >= 0.3 is 26.5 Å². The molecule has 0 bridgehead atoms. The average molecular weight is 504 g/mol. The van der Waals surface area contributed by atoms with E-state index in [1.807, 2.05) is 0 Å². The molecule has 0 aromatic rings. The van der Waals surface area contributed by atoms with E-state index in [0.717, 1.165) is 4.90 Å². The third-order valence-electron chi connectivity index (χ3n) is 4.35. The van der Waals surface area contributed by atoms with Crippen molar-refractivity contribution in [2.75, 3.05) is 26.2 Å². The van der Waals surface area contributed by atoms with Gasteiger partial charge in [-0.25, -0.2) is 8.42 Å². The van der Waals surface area contributed by atoms with Crippen molar-refractivity contribution in [2.24, 2.45) is 0 Å². The van der Waals surface area contributed by atoms with E-state index in [0.29, 0.717) is 0 Å². The van der Waals surface area contributed by atoms with Gasteiger partial charge in [0.15, 0.2) is 5.78 Å². The van der Waals surface area contributed by atoms with Crippen LogP contribution in [0.5, 0.6) is 0 Å². The maximum atomic E-state index is 14.0. The highest BCUT2D eigenvalue weighted by Gasteiger charge is 2.82. The summed E-state index contributed by atoms with van der Waals surface area (Å²) in [6, 6.07) is 0. The van der Waals surface area contributed by atoms with E-state index in [4.69, 9.17) is 4.55 Å². The van der Waals surface area contributed by atoms with Gasteiger partial charge in [-0.2, -0.15) is 39.1 Å². The molecule has 180 valence electrons. The number of amides is 1. The van der Waals surface area contributed by atoms with Crippen molar-refractivity contribution in [1.29, 1.82) is 0 Å². The van der Waals surface area contributed by atoms with E-state index in [9.17, 15) is 52.8 Å². The van der Waals surface area contributed by atoms with Crippen LogP contribution in [0.15, 0.2) is 12.2 Å². The quantitative estimate of drug-likeness (QED) is 0.283. The number of allylic oxidation sites excluding steroid dienone is 1. The predicted molar refractivity (Wildman–Crippen MR) is 92.5 cm³/mol. The second-order valence-electron chi connectivity index (χ2n) is 6.57. The van der Waals surface area contributed by atoms with Gasteiger partial charge in [-0.05, 0) is 12.5 Å². The molecule has 0 unspecified atom stereocenters. The van der Waals surface area contributed by atoms with Crippen LogP contribution in [0.25, 0.3) is 0 Å². The van der Waals surface area contributed by atoms with Gasteiger partial charge in [0.2, 0.25) is 5.91 Å². The highest BCUT2D eigenvalue weighted by molar-refractivity contribution is 7.90. The van der Waals surface area contributed by atoms with Crippen LogP contribution in [0.2, 0.25) is 0 Å². The molecule has 31 heavy (non-hydrogen) atoms. The molecule has 0 saturated carbocycles. The van der Waals surface area contributed by atoms with E-state index in [1.165, 1.54) is 6.92 Å². The van der Waals surface area contributed by atoms with Crippen LogP contribution in [0.3, 0.4) is 0 Å². The van der Waals surface area contributed by atoms with Crippen LogP contribution in [0, 0.1) is 0 Å². The molecule has 17 heteroatoms. The van der Waals surface area contributed by atoms with Crippen molar-refractivity contribution in [1.82, 2.24) is 9.21 Å². The topological polar surface area (TPSA) is 129 Å². The van der Waals surface area contributed by atoms with Gasteiger partial charge in [-0.15, -0.1) is 0 Å². The van der Waals surface area contributed by atoms with Crippen LogP contribution in [0.4, 0.5) is 26.3 Å². The van der Waals surface area contributed by atoms with Crippen LogP contribution in [-0.4, -0.2) is 84.9 Å². The monoisotopic (exact) mass is 504 g/mol. The lowest BCUT2D eigenvalue weighted by atomic mass is 10.1. The Balaban J connectivity index is 2.99. The molecule has 1 amide bonds. The van der Waals surface area contributed by atoms with Crippen molar-refractivity contribution in [3.05, 3.63) is 12.2 Å². The van der Waals surface area contributed by atoms with Gasteiger partial charge in [-0.1, -0.05) is 6.58 Å². The van der Waals surface area contributed by atoms with Crippen LogP contribution >= 0.6 is 0 Å². The molecular weight excluding hydrogens is 486 g/mol. The summed E-state index contributed by atoms with van der Waals surface area (Å²) in [7, 11) is -13.7. The van der Waals surface area contributed by atoms with E-state index < -0.39 is 74.4 Å². The highest BCUT2D eigenvalue weighted by atomic mass is 32.2. The third kappa shape index (κ3) is 4.88. The number of nitrogens with zero attached hydrogens (tertiary/aromatic N) is 2. The smallest absolute Gasteiger partial charge is 0.340 e. The molecule has 0 radical (unpaired) electrons. The summed E-state index contributed by atoms with van der Waals surface area (Å²) >= 11 is 0. The summed E-state index contributed by atoms with van der Waals surface area (Å²) in [6.07, 6.45) is -0.561. The van der Waals surface area contributed by atoms with Crippen molar-refractivity contribution in [3.63, 3.8) is 0 Å². The molecular formula is C14H18F6N2O7S2. The standard InChI is InChI=1S/C14H18F6N2O7S2/c1-9(2)10(23)3-4-11(24)21-5-7-22(8-6-21)30(25,26)13(17,18)12(15,16)14(19,20)31(27,28)29/h1,3-8H2,2H3,(H,27,28,29). The SMILES string of the molecule is C=C(C)C(=O)CCC(=O)N1CCN(S(=O)(=O)C(F)(F)C(F)(F)C(F)(F)S(=O)(=O)O)CC1. The molecule has 0 spiro atoms. The number of halogens is 6. The molecule has 1 aliphatic heterocycles. The minimum absolute atomic E-state index is 0.175. The Hall–Kier alpha value is -1.72. The number of hydrogen-bond acceptors (Lipinski definition) is 6. The molecule has 9 nitrogen and oxygen atoms in total. The fourth-order valence-corrected chi connectivity index (χ4v) is 4.36. The average Bonchev–Trinajstić information content (AvgIpc) is 2.64. The zero-order chi connectivity index (χ0) is 24.6. The third-order valence-corrected chi connectivity index (χ3v) is 7.21. The van der Waals surface area contributed by atoms with Crippen molar-refractivity contribution in [3.8, 4) is 0 Å². The first-order chi connectivity index (χ1) is 13.7. The van der Waals surface area contributed by atoms with Crippen molar-refractivity contribution < 1.29 is 57.3 Å². The Kier molecular flexibility index (Phi) is 7.64. The molecule has 1 rings (SSSR count). The fourth-order valence-electron chi connectivity index (χ4n) is 2.43. The first kappa shape index (κ1) is 27.3. The Morgan fingerprint density at radius 3 is 1.74 bits per heavy atom. The lowest BCUT2D eigenvalue weighted by molar-refractivity contribution is -0.247. The Bertz CT molecular complexity index is 958. The summed E-state index contributed by atoms with van der Waals surface area (Å²) in [6.45, 7) is 1.61. The number of sulfonamides is 1. The summed E-state index contributed by atoms with van der Waals surface area (Å²) in [4.78, 5) is 24.4. The van der Waals surface area contributed by atoms with E-state index >= 15 is 0 Å². The normalized spacial score (nSPS) is 17.5. The second-order valence-corrected chi connectivity index (χ2v) is 10.0. The number of hydrogen-bond donors (Lipinski definition) is 1. The second kappa shape index (κ2) is 8.67. The van der Waals surface area contributed by atoms with Gasteiger partial charge in [-0.3, -0.25) is 14.1 Å². The van der Waals surface area contributed by atoms with Crippen molar-refractivity contribution >= 4 is 31.8 Å². The predicted octanol–water partition coefficient (Wildman–Crippen LogP) is 1.09. The van der Waals surface area contributed by atoms with Crippen LogP contribution in [0.1, 0.15) is 19.8 Å². The molecule has 0 aliphatic carbocycles. The molecule has 0 atom stereocenters. The Labute approximate surface area is 173 Å². The zero-order valence-corrected chi connectivity index (χ0v) is 17.5. The van der Waals surface area contributed by atoms with Crippen LogP contribution in [-0.2, 0) is 29.7 Å². The fraction of sp³-hybridized carbons (Fsp3) is 0.714. The summed E-state index contributed by atoms with van der Waals surface area (Å²) < 4.78 is 134. The van der Waals surface area contributed by atoms with Gasteiger partial charge in [0.25, 0.3) is 10.0 Å². The summed E-state index contributed by atoms with van der Waals surface area (Å²) in [5, 5.41) is -13.4. The Morgan fingerprint density at radius 1 is 0.903 bits per heavy atom. The molecule has 1 saturated heterocycles. The number of carbonyl (C=O) groups is 2. The molecule has 0 aromatic heterocycles. The summed E-state index contributed by atoms with van der Waals surface area (Å²) in [5.74, 6) is -8.14. The number of alkyl halides is 6. The number of rotatable bonds is 9. The van der Waals surface area contributed by atoms with Gasteiger partial charge in [0.1, 0.15) is 0 Å². The van der Waals surface area contributed by atoms with Crippen molar-refractivity contribution in [2.45, 2.75) is 36.2 Å². The van der Waals surface area contributed by atoms with Gasteiger partial charge < -0.3 is 4.90 Å². The molecule has 1 heterocycles. The van der Waals surface area contributed by atoms with E-state index in [-0.39, 0.29) is 22.7 Å². The highest BCUT2D eigenvalue weighted by Crippen LogP contribution is 2.51. The van der Waals surface area contributed by atoms with Crippen LogP contribution < -0.4 is 0 Å². The number of Topliss-reactive ketones (excluding diaryl/α,β-unsaturated/α-hetero) is 1.